The first-order valence-electron chi connectivity index (χ1n) is 6.98. The molecular weight excluding hydrogens is 266 g/mol. The van der Waals surface area contributed by atoms with Crippen LogP contribution in [0.5, 0.6) is 11.5 Å². The predicted octanol–water partition coefficient (Wildman–Crippen LogP) is 3.11. The first kappa shape index (κ1) is 14.9. The van der Waals surface area contributed by atoms with E-state index in [0.29, 0.717) is 24.5 Å². The highest BCUT2D eigenvalue weighted by atomic mass is 16.5. The Kier molecular flexibility index (Phi) is 5.21. The molecule has 0 saturated carbocycles. The quantitative estimate of drug-likeness (QED) is 0.857. The number of nitrogens with one attached hydrogen (secondary N) is 1. The van der Waals surface area contributed by atoms with Gasteiger partial charge in [-0.15, -0.1) is 0 Å². The van der Waals surface area contributed by atoms with Gasteiger partial charge in [0, 0.05) is 12.1 Å². The zero-order chi connectivity index (χ0) is 15.1. The third kappa shape index (κ3) is 4.53. The fraction of sp³-hybridized carbons (Fsp3) is 0.235. The van der Waals surface area contributed by atoms with E-state index in [2.05, 4.69) is 5.32 Å². The molecule has 0 aromatic heterocycles. The van der Waals surface area contributed by atoms with Gasteiger partial charge in [-0.05, 0) is 42.3 Å². The monoisotopic (exact) mass is 285 g/mol. The maximum absolute atomic E-state index is 12.1. The molecule has 4 nitrogen and oxygen atoms in total. The van der Waals surface area contributed by atoms with Crippen molar-refractivity contribution in [2.24, 2.45) is 0 Å². The van der Waals surface area contributed by atoms with E-state index < -0.39 is 0 Å². The second kappa shape index (κ2) is 7.33. The lowest BCUT2D eigenvalue weighted by Crippen LogP contribution is -2.22. The number of amides is 1. The van der Waals surface area contributed by atoms with Crippen LogP contribution >= 0.6 is 0 Å². The Morgan fingerprint density at radius 1 is 1.19 bits per heavy atom. The molecule has 0 aliphatic rings. The van der Waals surface area contributed by atoms with Gasteiger partial charge in [0.15, 0.2) is 0 Å². The summed E-state index contributed by atoms with van der Waals surface area (Å²) in [4.78, 5) is 12.1. The van der Waals surface area contributed by atoms with Crippen LogP contribution in [-0.4, -0.2) is 17.6 Å². The summed E-state index contributed by atoms with van der Waals surface area (Å²) in [7, 11) is 0. The van der Waals surface area contributed by atoms with Crippen molar-refractivity contribution in [2.75, 3.05) is 6.61 Å². The highest BCUT2D eigenvalue weighted by Crippen LogP contribution is 2.14. The molecule has 21 heavy (non-hydrogen) atoms. The number of aromatic hydroxyl groups is 1. The van der Waals surface area contributed by atoms with Crippen LogP contribution in [0.4, 0.5) is 0 Å². The molecule has 2 aromatic rings. The van der Waals surface area contributed by atoms with Crippen molar-refractivity contribution in [1.82, 2.24) is 5.32 Å². The lowest BCUT2D eigenvalue weighted by Gasteiger charge is -2.08. The van der Waals surface area contributed by atoms with E-state index in [1.807, 2.05) is 13.0 Å². The van der Waals surface area contributed by atoms with E-state index in [1.54, 1.807) is 42.5 Å². The molecule has 110 valence electrons. The van der Waals surface area contributed by atoms with Crippen molar-refractivity contribution >= 4 is 5.91 Å². The Hall–Kier alpha value is -2.49. The third-order valence-electron chi connectivity index (χ3n) is 2.96. The molecule has 2 N–H and O–H groups in total. The van der Waals surface area contributed by atoms with Crippen molar-refractivity contribution in [2.45, 2.75) is 19.9 Å². The van der Waals surface area contributed by atoms with Gasteiger partial charge < -0.3 is 15.2 Å². The van der Waals surface area contributed by atoms with Crippen molar-refractivity contribution in [3.05, 3.63) is 59.7 Å². The average Bonchev–Trinajstić information content (AvgIpc) is 2.52. The van der Waals surface area contributed by atoms with E-state index in [4.69, 9.17) is 4.74 Å². The molecule has 0 radical (unpaired) electrons. The second-order valence-corrected chi connectivity index (χ2v) is 4.73. The lowest BCUT2D eigenvalue weighted by atomic mass is 10.2. The van der Waals surface area contributed by atoms with Gasteiger partial charge >= 0.3 is 0 Å². The molecule has 0 fully saturated rings. The van der Waals surface area contributed by atoms with Crippen LogP contribution in [0, 0.1) is 0 Å². The van der Waals surface area contributed by atoms with Crippen molar-refractivity contribution < 1.29 is 14.6 Å². The summed E-state index contributed by atoms with van der Waals surface area (Å²) in [6.45, 7) is 3.09. The maximum Gasteiger partial charge on any atom is 0.251 e. The van der Waals surface area contributed by atoms with Gasteiger partial charge in [0.05, 0.1) is 6.61 Å². The molecule has 0 saturated heterocycles. The Morgan fingerprint density at radius 3 is 2.67 bits per heavy atom. The Labute approximate surface area is 124 Å². The first-order chi connectivity index (χ1) is 10.2. The fourth-order valence-electron chi connectivity index (χ4n) is 1.85. The number of phenolic OH excluding ortho intramolecular Hbond substituents is 1. The maximum atomic E-state index is 12.1. The minimum atomic E-state index is -0.148. The van der Waals surface area contributed by atoms with Gasteiger partial charge in [-0.1, -0.05) is 25.1 Å². The van der Waals surface area contributed by atoms with Gasteiger partial charge in [-0.25, -0.2) is 0 Å². The molecule has 0 unspecified atom stereocenters. The minimum Gasteiger partial charge on any atom is -0.508 e. The Balaban J connectivity index is 1.95. The van der Waals surface area contributed by atoms with Crippen LogP contribution in [0.2, 0.25) is 0 Å². The fourth-order valence-corrected chi connectivity index (χ4v) is 1.85. The standard InChI is InChI=1S/C17H19NO3/c1-2-10-21-16-5-3-4-14(11-16)17(20)18-12-13-6-8-15(19)9-7-13/h3-9,11,19H,2,10,12H2,1H3,(H,18,20). The molecule has 2 aromatic carbocycles. The normalized spacial score (nSPS) is 10.1. The zero-order valence-corrected chi connectivity index (χ0v) is 12.0. The Bertz CT molecular complexity index is 593. The van der Waals surface area contributed by atoms with Gasteiger partial charge in [0.1, 0.15) is 11.5 Å². The number of rotatable bonds is 6. The van der Waals surface area contributed by atoms with E-state index >= 15 is 0 Å². The van der Waals surface area contributed by atoms with Crippen LogP contribution in [0.15, 0.2) is 48.5 Å². The molecule has 0 aliphatic carbocycles. The SMILES string of the molecule is CCCOc1cccc(C(=O)NCc2ccc(O)cc2)c1. The number of carbonyl (C=O) groups excluding carboxylic acids is 1. The van der Waals surface area contributed by atoms with E-state index in [0.717, 1.165) is 12.0 Å². The van der Waals surface area contributed by atoms with Gasteiger partial charge in [0.2, 0.25) is 0 Å². The first-order valence-corrected chi connectivity index (χ1v) is 6.98. The predicted molar refractivity (Wildman–Crippen MR) is 81.5 cm³/mol. The van der Waals surface area contributed by atoms with Crippen LogP contribution in [0.25, 0.3) is 0 Å². The van der Waals surface area contributed by atoms with Crippen molar-refractivity contribution in [1.29, 1.82) is 0 Å². The summed E-state index contributed by atoms with van der Waals surface area (Å²) < 4.78 is 5.51. The van der Waals surface area contributed by atoms with Crippen LogP contribution in [0.1, 0.15) is 29.3 Å². The molecule has 0 aliphatic heterocycles. The molecule has 4 heteroatoms. The third-order valence-corrected chi connectivity index (χ3v) is 2.96. The van der Waals surface area contributed by atoms with Crippen LogP contribution < -0.4 is 10.1 Å². The highest BCUT2D eigenvalue weighted by Gasteiger charge is 2.06. The molecular formula is C17H19NO3. The van der Waals surface area contributed by atoms with E-state index in [-0.39, 0.29) is 11.7 Å². The smallest absolute Gasteiger partial charge is 0.251 e. The summed E-state index contributed by atoms with van der Waals surface area (Å²) in [5.74, 6) is 0.769. The molecule has 2 rings (SSSR count). The lowest BCUT2D eigenvalue weighted by molar-refractivity contribution is 0.0950. The Morgan fingerprint density at radius 2 is 1.95 bits per heavy atom. The molecule has 1 amide bonds. The minimum absolute atomic E-state index is 0.148. The average molecular weight is 285 g/mol. The number of phenols is 1. The second-order valence-electron chi connectivity index (χ2n) is 4.73. The van der Waals surface area contributed by atoms with Crippen molar-refractivity contribution in [3.63, 3.8) is 0 Å². The van der Waals surface area contributed by atoms with Gasteiger partial charge in [-0.2, -0.15) is 0 Å². The summed E-state index contributed by atoms with van der Waals surface area (Å²) in [5.41, 5.74) is 1.50. The number of hydrogen-bond acceptors (Lipinski definition) is 3. The van der Waals surface area contributed by atoms with E-state index in [1.165, 1.54) is 0 Å². The number of ether oxygens (including phenoxy) is 1. The largest absolute Gasteiger partial charge is 0.508 e. The van der Waals surface area contributed by atoms with Gasteiger partial charge in [0.25, 0.3) is 5.91 Å². The molecule has 0 atom stereocenters. The summed E-state index contributed by atoms with van der Waals surface area (Å²) in [5, 5.41) is 12.1. The highest BCUT2D eigenvalue weighted by molar-refractivity contribution is 5.94. The topological polar surface area (TPSA) is 58.6 Å². The zero-order valence-electron chi connectivity index (χ0n) is 12.0. The van der Waals surface area contributed by atoms with E-state index in [9.17, 15) is 9.90 Å². The van der Waals surface area contributed by atoms with Gasteiger partial charge in [-0.3, -0.25) is 4.79 Å². The number of carbonyl (C=O) groups is 1. The molecule has 0 heterocycles. The molecule has 0 spiro atoms. The number of hydrogen-bond donors (Lipinski definition) is 2. The summed E-state index contributed by atoms with van der Waals surface area (Å²) in [6, 6.07) is 13.9. The van der Waals surface area contributed by atoms with Crippen LogP contribution in [-0.2, 0) is 6.54 Å². The number of benzene rings is 2. The molecule has 0 bridgehead atoms. The van der Waals surface area contributed by atoms with Crippen molar-refractivity contribution in [3.8, 4) is 11.5 Å². The summed E-state index contributed by atoms with van der Waals surface area (Å²) >= 11 is 0. The summed E-state index contributed by atoms with van der Waals surface area (Å²) in [6.07, 6.45) is 0.928. The van der Waals surface area contributed by atoms with Crippen LogP contribution in [0.3, 0.4) is 0 Å².